The number of hydrogen-bond donors (Lipinski definition) is 1. The predicted molar refractivity (Wildman–Crippen MR) is 89.7 cm³/mol. The monoisotopic (exact) mass is 303 g/mol. The highest BCUT2D eigenvalue weighted by molar-refractivity contribution is 6.30. The van der Waals surface area contributed by atoms with Crippen LogP contribution in [0.3, 0.4) is 0 Å². The third-order valence-electron chi connectivity index (χ3n) is 3.63. The zero-order chi connectivity index (χ0) is 15.2. The summed E-state index contributed by atoms with van der Waals surface area (Å²) in [6.07, 6.45) is 1.93. The second kappa shape index (κ2) is 7.43. The van der Waals surface area contributed by atoms with Gasteiger partial charge in [0.05, 0.1) is 0 Å². The fourth-order valence-electron chi connectivity index (χ4n) is 2.22. The standard InChI is InChI=1S/C17H22ClN3/c1-4-19-17-10-5-14(11-20-17)12-21(3)13(2)15-6-8-16(18)9-7-15/h5-11,13H,4,12H2,1-3H3,(H,19,20). The predicted octanol–water partition coefficient (Wildman–Crippen LogP) is 4.36. The number of anilines is 1. The number of halogens is 1. The van der Waals surface area contributed by atoms with E-state index in [9.17, 15) is 0 Å². The van der Waals surface area contributed by atoms with Gasteiger partial charge in [-0.05, 0) is 50.2 Å². The molecule has 0 amide bonds. The van der Waals surface area contributed by atoms with E-state index in [2.05, 4.69) is 54.3 Å². The van der Waals surface area contributed by atoms with Crippen molar-refractivity contribution in [2.45, 2.75) is 26.4 Å². The molecule has 3 nitrogen and oxygen atoms in total. The SMILES string of the molecule is CCNc1ccc(CN(C)C(C)c2ccc(Cl)cc2)cn1. The normalized spacial score (nSPS) is 12.4. The van der Waals surface area contributed by atoms with Gasteiger partial charge >= 0.3 is 0 Å². The van der Waals surface area contributed by atoms with Gasteiger partial charge in [0.1, 0.15) is 5.82 Å². The summed E-state index contributed by atoms with van der Waals surface area (Å²) in [6, 6.07) is 12.5. The van der Waals surface area contributed by atoms with E-state index >= 15 is 0 Å². The minimum Gasteiger partial charge on any atom is -0.370 e. The Balaban J connectivity index is 1.99. The molecule has 1 aromatic carbocycles. The second-order valence-corrected chi connectivity index (χ2v) is 5.66. The van der Waals surface area contributed by atoms with E-state index in [1.54, 1.807) is 0 Å². The van der Waals surface area contributed by atoms with E-state index in [0.717, 1.165) is 23.9 Å². The number of nitrogens with zero attached hydrogens (tertiary/aromatic N) is 2. The van der Waals surface area contributed by atoms with Crippen LogP contribution in [0.5, 0.6) is 0 Å². The van der Waals surface area contributed by atoms with Gasteiger partial charge in [0.25, 0.3) is 0 Å². The van der Waals surface area contributed by atoms with E-state index in [1.165, 1.54) is 11.1 Å². The molecule has 112 valence electrons. The summed E-state index contributed by atoms with van der Waals surface area (Å²) in [5.74, 6) is 0.926. The molecule has 1 atom stereocenters. The number of pyridine rings is 1. The van der Waals surface area contributed by atoms with E-state index in [4.69, 9.17) is 11.6 Å². The number of rotatable bonds is 6. The molecule has 0 aliphatic rings. The van der Waals surface area contributed by atoms with Gasteiger partial charge in [-0.3, -0.25) is 4.90 Å². The number of hydrogen-bond acceptors (Lipinski definition) is 3. The van der Waals surface area contributed by atoms with Gasteiger partial charge in [-0.25, -0.2) is 4.98 Å². The molecule has 2 aromatic rings. The lowest BCUT2D eigenvalue weighted by Gasteiger charge is -2.25. The van der Waals surface area contributed by atoms with Crippen LogP contribution in [-0.4, -0.2) is 23.5 Å². The first-order chi connectivity index (χ1) is 10.1. The fraction of sp³-hybridized carbons (Fsp3) is 0.353. The molecule has 1 aromatic heterocycles. The van der Waals surface area contributed by atoms with Gasteiger partial charge in [-0.15, -0.1) is 0 Å². The van der Waals surface area contributed by atoms with Crippen LogP contribution in [0.1, 0.15) is 31.0 Å². The van der Waals surface area contributed by atoms with Crippen molar-refractivity contribution >= 4 is 17.4 Å². The van der Waals surface area contributed by atoms with Crippen LogP contribution < -0.4 is 5.32 Å². The van der Waals surface area contributed by atoms with Gasteiger partial charge in [-0.2, -0.15) is 0 Å². The Hall–Kier alpha value is -1.58. The molecule has 0 aliphatic heterocycles. The van der Waals surface area contributed by atoms with Crippen LogP contribution >= 0.6 is 11.6 Å². The molecule has 2 rings (SSSR count). The molecular formula is C17H22ClN3. The molecule has 0 aliphatic carbocycles. The Kier molecular flexibility index (Phi) is 5.59. The van der Waals surface area contributed by atoms with E-state index in [-0.39, 0.29) is 0 Å². The lowest BCUT2D eigenvalue weighted by Crippen LogP contribution is -2.22. The summed E-state index contributed by atoms with van der Waals surface area (Å²) in [5, 5.41) is 3.98. The average Bonchev–Trinajstić information content (AvgIpc) is 2.49. The summed E-state index contributed by atoms with van der Waals surface area (Å²) >= 11 is 5.94. The Bertz CT molecular complexity index is 551. The van der Waals surface area contributed by atoms with Crippen LogP contribution in [0.2, 0.25) is 5.02 Å². The summed E-state index contributed by atoms with van der Waals surface area (Å²) in [7, 11) is 2.12. The third kappa shape index (κ3) is 4.45. The van der Waals surface area contributed by atoms with Crippen molar-refractivity contribution in [3.63, 3.8) is 0 Å². The highest BCUT2D eigenvalue weighted by Gasteiger charge is 2.12. The van der Waals surface area contributed by atoms with Crippen molar-refractivity contribution < 1.29 is 0 Å². The zero-order valence-electron chi connectivity index (χ0n) is 12.8. The molecule has 0 bridgehead atoms. The van der Waals surface area contributed by atoms with Crippen molar-refractivity contribution in [1.82, 2.24) is 9.88 Å². The van der Waals surface area contributed by atoms with E-state index < -0.39 is 0 Å². The minimum atomic E-state index is 0.329. The Morgan fingerprint density at radius 3 is 2.48 bits per heavy atom. The highest BCUT2D eigenvalue weighted by atomic mass is 35.5. The Morgan fingerprint density at radius 2 is 1.90 bits per heavy atom. The average molecular weight is 304 g/mol. The first kappa shape index (κ1) is 15.8. The largest absolute Gasteiger partial charge is 0.370 e. The fourth-order valence-corrected chi connectivity index (χ4v) is 2.35. The molecule has 4 heteroatoms. The molecular weight excluding hydrogens is 282 g/mol. The van der Waals surface area contributed by atoms with Gasteiger partial charge < -0.3 is 5.32 Å². The van der Waals surface area contributed by atoms with Gasteiger partial charge in [0.2, 0.25) is 0 Å². The molecule has 1 N–H and O–H groups in total. The summed E-state index contributed by atoms with van der Waals surface area (Å²) < 4.78 is 0. The van der Waals surface area contributed by atoms with Crippen LogP contribution in [-0.2, 0) is 6.54 Å². The molecule has 0 spiro atoms. The zero-order valence-corrected chi connectivity index (χ0v) is 13.6. The number of benzene rings is 1. The molecule has 0 fully saturated rings. The van der Waals surface area contributed by atoms with Crippen LogP contribution in [0.15, 0.2) is 42.6 Å². The minimum absolute atomic E-state index is 0.329. The van der Waals surface area contributed by atoms with Crippen LogP contribution in [0, 0.1) is 0 Å². The third-order valence-corrected chi connectivity index (χ3v) is 3.88. The Morgan fingerprint density at radius 1 is 1.19 bits per heavy atom. The topological polar surface area (TPSA) is 28.2 Å². The van der Waals surface area contributed by atoms with E-state index in [1.807, 2.05) is 24.4 Å². The van der Waals surface area contributed by atoms with Crippen molar-refractivity contribution in [1.29, 1.82) is 0 Å². The number of aromatic nitrogens is 1. The van der Waals surface area contributed by atoms with Crippen LogP contribution in [0.25, 0.3) is 0 Å². The first-order valence-corrected chi connectivity index (χ1v) is 7.62. The lowest BCUT2D eigenvalue weighted by molar-refractivity contribution is 0.253. The van der Waals surface area contributed by atoms with Crippen molar-refractivity contribution in [3.8, 4) is 0 Å². The van der Waals surface area contributed by atoms with Crippen LogP contribution in [0.4, 0.5) is 5.82 Å². The molecule has 0 saturated carbocycles. The smallest absolute Gasteiger partial charge is 0.125 e. The molecule has 21 heavy (non-hydrogen) atoms. The molecule has 0 saturated heterocycles. The molecule has 1 unspecified atom stereocenters. The summed E-state index contributed by atoms with van der Waals surface area (Å²) in [5.41, 5.74) is 2.47. The summed E-state index contributed by atoms with van der Waals surface area (Å²) in [6.45, 7) is 6.02. The maximum absolute atomic E-state index is 5.94. The van der Waals surface area contributed by atoms with Gasteiger partial charge in [-0.1, -0.05) is 29.8 Å². The van der Waals surface area contributed by atoms with Gasteiger partial charge in [0, 0.05) is 30.4 Å². The maximum Gasteiger partial charge on any atom is 0.125 e. The highest BCUT2D eigenvalue weighted by Crippen LogP contribution is 2.22. The Labute approximate surface area is 132 Å². The second-order valence-electron chi connectivity index (χ2n) is 5.22. The quantitative estimate of drug-likeness (QED) is 0.859. The molecule has 0 radical (unpaired) electrons. The van der Waals surface area contributed by atoms with Gasteiger partial charge in [0.15, 0.2) is 0 Å². The number of nitrogens with one attached hydrogen (secondary N) is 1. The van der Waals surface area contributed by atoms with Crippen molar-refractivity contribution in [2.24, 2.45) is 0 Å². The molecule has 1 heterocycles. The summed E-state index contributed by atoms with van der Waals surface area (Å²) in [4.78, 5) is 6.71. The maximum atomic E-state index is 5.94. The van der Waals surface area contributed by atoms with Crippen molar-refractivity contribution in [3.05, 3.63) is 58.7 Å². The van der Waals surface area contributed by atoms with E-state index in [0.29, 0.717) is 6.04 Å². The lowest BCUT2D eigenvalue weighted by atomic mass is 10.1. The first-order valence-electron chi connectivity index (χ1n) is 7.24. The van der Waals surface area contributed by atoms with Crippen molar-refractivity contribution in [2.75, 3.05) is 18.9 Å².